The van der Waals surface area contributed by atoms with Crippen molar-refractivity contribution in [3.05, 3.63) is 0 Å². The topological polar surface area (TPSA) is 105 Å². The molecule has 0 N–H and O–H groups in total. The summed E-state index contributed by atoms with van der Waals surface area (Å²) in [4.78, 5) is 42.8. The van der Waals surface area contributed by atoms with Crippen molar-refractivity contribution in [3.63, 3.8) is 0 Å². The molecule has 0 amide bonds. The van der Waals surface area contributed by atoms with Crippen LogP contribution in [0.15, 0.2) is 0 Å². The van der Waals surface area contributed by atoms with Crippen LogP contribution < -0.4 is 0 Å². The summed E-state index contributed by atoms with van der Waals surface area (Å²) in [5.41, 5.74) is 0. The molecule has 0 aliphatic rings. The monoisotopic (exact) mass is 262 g/mol. The van der Waals surface area contributed by atoms with Gasteiger partial charge in [-0.05, 0) is 0 Å². The Kier molecular flexibility index (Phi) is 7.91. The highest BCUT2D eigenvalue weighted by Gasteiger charge is 2.29. The molecule has 0 aromatic heterocycles. The van der Waals surface area contributed by atoms with Crippen molar-refractivity contribution in [1.82, 2.24) is 0 Å². The molecule has 0 heterocycles. The van der Waals surface area contributed by atoms with Gasteiger partial charge in [-0.1, -0.05) is 0 Å². The zero-order chi connectivity index (χ0) is 14.0. The van der Waals surface area contributed by atoms with Crippen molar-refractivity contribution >= 4 is 24.9 Å². The highest BCUT2D eigenvalue weighted by Crippen LogP contribution is 2.12. The fraction of sp³-hybridized carbons (Fsp3) is 0.600. The largest absolute Gasteiger partial charge is 0.508 e. The number of carbonyl (C=O) groups is 4. The van der Waals surface area contributed by atoms with E-state index in [1.807, 2.05) is 0 Å². The summed E-state index contributed by atoms with van der Waals surface area (Å²) in [5.74, 6) is 0. The van der Waals surface area contributed by atoms with Crippen LogP contribution in [0.1, 0.15) is 12.8 Å². The van der Waals surface area contributed by atoms with Crippen LogP contribution >= 0.6 is 0 Å². The minimum Gasteiger partial charge on any atom is -0.438 e. The van der Waals surface area contributed by atoms with Gasteiger partial charge in [0.05, 0.1) is 14.2 Å². The van der Waals surface area contributed by atoms with Gasteiger partial charge in [-0.3, -0.25) is 0 Å². The number of methoxy groups -OCH3 is 2. The molecule has 8 heteroatoms. The zero-order valence-corrected chi connectivity index (χ0v) is 9.99. The normalized spacial score (nSPS) is 12.8. The number of ether oxygens (including phenoxy) is 4. The van der Waals surface area contributed by atoms with Crippen LogP contribution in [-0.4, -0.2) is 51.3 Å². The quantitative estimate of drug-likeness (QED) is 0.481. The van der Waals surface area contributed by atoms with Gasteiger partial charge in [0.15, 0.2) is 0 Å². The summed E-state index contributed by atoms with van der Waals surface area (Å²) in [6.07, 6.45) is -3.89. The van der Waals surface area contributed by atoms with Crippen molar-refractivity contribution in [3.8, 4) is 0 Å². The summed E-state index contributed by atoms with van der Waals surface area (Å²) in [5, 5.41) is 0. The summed E-state index contributed by atoms with van der Waals surface area (Å²) in [7, 11) is 2.16. The van der Waals surface area contributed by atoms with Crippen LogP contribution in [0.3, 0.4) is 0 Å². The molecule has 2 unspecified atom stereocenters. The van der Waals surface area contributed by atoms with E-state index in [0.717, 1.165) is 14.2 Å². The molecule has 0 radical (unpaired) electrons. The Morgan fingerprint density at radius 1 is 0.889 bits per heavy atom. The van der Waals surface area contributed by atoms with E-state index in [2.05, 4.69) is 9.47 Å². The van der Waals surface area contributed by atoms with E-state index in [-0.39, 0.29) is 12.8 Å². The SMILES string of the molecule is COC(=O)OC(CC=O)C(CC=O)OC(=O)OC. The molecule has 2 atom stereocenters. The molecule has 0 saturated carbocycles. The molecule has 8 nitrogen and oxygen atoms in total. The first-order valence-electron chi connectivity index (χ1n) is 4.95. The van der Waals surface area contributed by atoms with Gasteiger partial charge in [0, 0.05) is 12.8 Å². The fourth-order valence-corrected chi connectivity index (χ4v) is 1.08. The van der Waals surface area contributed by atoms with E-state index in [4.69, 9.17) is 9.47 Å². The fourth-order valence-electron chi connectivity index (χ4n) is 1.08. The van der Waals surface area contributed by atoms with Crippen molar-refractivity contribution in [1.29, 1.82) is 0 Å². The summed E-state index contributed by atoms with van der Waals surface area (Å²) in [6.45, 7) is 0. The molecule has 0 aromatic carbocycles. The van der Waals surface area contributed by atoms with Crippen LogP contribution in [0.25, 0.3) is 0 Å². The molecule has 18 heavy (non-hydrogen) atoms. The van der Waals surface area contributed by atoms with Gasteiger partial charge in [0.1, 0.15) is 24.8 Å². The van der Waals surface area contributed by atoms with E-state index >= 15 is 0 Å². The average Bonchev–Trinajstić information content (AvgIpc) is 2.37. The van der Waals surface area contributed by atoms with Crippen molar-refractivity contribution in [2.24, 2.45) is 0 Å². The lowest BCUT2D eigenvalue weighted by Crippen LogP contribution is -2.36. The molecule has 0 aromatic rings. The second kappa shape index (κ2) is 8.97. The first-order chi connectivity index (χ1) is 8.58. The van der Waals surface area contributed by atoms with Gasteiger partial charge < -0.3 is 28.5 Å². The Bertz CT molecular complexity index is 270. The Morgan fingerprint density at radius 2 is 1.22 bits per heavy atom. The Labute approximate surface area is 103 Å². The van der Waals surface area contributed by atoms with Crippen LogP contribution in [0.4, 0.5) is 9.59 Å². The summed E-state index contributed by atoms with van der Waals surface area (Å²) >= 11 is 0. The maximum atomic E-state index is 10.9. The zero-order valence-electron chi connectivity index (χ0n) is 9.99. The number of carbonyl (C=O) groups excluding carboxylic acids is 4. The standard InChI is InChI=1S/C10H14O8/c1-15-9(13)17-7(3-5-11)8(4-6-12)18-10(14)16-2/h5-8H,3-4H2,1-2H3. The Balaban J connectivity index is 4.72. The first kappa shape index (κ1) is 15.9. The molecular formula is C10H14O8. The predicted molar refractivity (Wildman–Crippen MR) is 55.9 cm³/mol. The number of hydrogen-bond acceptors (Lipinski definition) is 8. The lowest BCUT2D eigenvalue weighted by Gasteiger charge is -2.22. The molecule has 102 valence electrons. The smallest absolute Gasteiger partial charge is 0.438 e. The highest BCUT2D eigenvalue weighted by molar-refractivity contribution is 5.63. The molecular weight excluding hydrogens is 248 g/mol. The summed E-state index contributed by atoms with van der Waals surface area (Å²) < 4.78 is 17.9. The van der Waals surface area contributed by atoms with Gasteiger partial charge in [0.25, 0.3) is 0 Å². The third kappa shape index (κ3) is 5.83. The van der Waals surface area contributed by atoms with E-state index in [1.165, 1.54) is 0 Å². The first-order valence-corrected chi connectivity index (χ1v) is 4.95. The highest BCUT2D eigenvalue weighted by atomic mass is 16.8. The molecule has 0 rings (SSSR count). The van der Waals surface area contributed by atoms with E-state index in [0.29, 0.717) is 12.6 Å². The average molecular weight is 262 g/mol. The maximum Gasteiger partial charge on any atom is 0.508 e. The number of aldehydes is 2. The second-order valence-electron chi connectivity index (χ2n) is 3.03. The molecule has 0 fully saturated rings. The third-order valence-corrected chi connectivity index (χ3v) is 1.90. The van der Waals surface area contributed by atoms with Crippen molar-refractivity contribution in [2.75, 3.05) is 14.2 Å². The van der Waals surface area contributed by atoms with Gasteiger partial charge >= 0.3 is 12.3 Å². The van der Waals surface area contributed by atoms with Crippen molar-refractivity contribution < 1.29 is 38.1 Å². The van der Waals surface area contributed by atoms with Crippen LogP contribution in [0, 0.1) is 0 Å². The van der Waals surface area contributed by atoms with Gasteiger partial charge in [-0.25, -0.2) is 9.59 Å². The minimum atomic E-state index is -1.11. The summed E-state index contributed by atoms with van der Waals surface area (Å²) in [6, 6.07) is 0. The number of rotatable bonds is 7. The second-order valence-corrected chi connectivity index (χ2v) is 3.03. The Hall–Kier alpha value is -2.12. The van der Waals surface area contributed by atoms with Crippen LogP contribution in [0.2, 0.25) is 0 Å². The van der Waals surface area contributed by atoms with Crippen molar-refractivity contribution in [2.45, 2.75) is 25.0 Å². The van der Waals surface area contributed by atoms with E-state index in [9.17, 15) is 19.2 Å². The van der Waals surface area contributed by atoms with E-state index in [1.54, 1.807) is 0 Å². The minimum absolute atomic E-state index is 0.245. The molecule has 0 bridgehead atoms. The van der Waals surface area contributed by atoms with E-state index < -0.39 is 24.5 Å². The third-order valence-electron chi connectivity index (χ3n) is 1.90. The van der Waals surface area contributed by atoms with Gasteiger partial charge in [-0.2, -0.15) is 0 Å². The predicted octanol–water partition coefficient (Wildman–Crippen LogP) is 0.468. The molecule has 0 spiro atoms. The van der Waals surface area contributed by atoms with Gasteiger partial charge in [0.2, 0.25) is 0 Å². The lowest BCUT2D eigenvalue weighted by atomic mass is 10.1. The van der Waals surface area contributed by atoms with Crippen LogP contribution in [-0.2, 0) is 28.5 Å². The molecule has 0 aliphatic heterocycles. The maximum absolute atomic E-state index is 10.9. The molecule has 0 saturated heterocycles. The Morgan fingerprint density at radius 3 is 1.44 bits per heavy atom. The lowest BCUT2D eigenvalue weighted by molar-refractivity contribution is -0.117. The van der Waals surface area contributed by atoms with Gasteiger partial charge in [-0.15, -0.1) is 0 Å². The number of hydrogen-bond donors (Lipinski definition) is 0. The van der Waals surface area contributed by atoms with Crippen LogP contribution in [0.5, 0.6) is 0 Å². The molecule has 0 aliphatic carbocycles.